The largest absolute Gasteiger partial charge is 0.493 e. The van der Waals surface area contributed by atoms with Crippen LogP contribution in [0.5, 0.6) is 40.2 Å². The molecule has 0 fully saturated rings. The van der Waals surface area contributed by atoms with Crippen molar-refractivity contribution >= 4 is 5.71 Å². The van der Waals surface area contributed by atoms with E-state index in [9.17, 15) is 0 Å². The van der Waals surface area contributed by atoms with E-state index < -0.39 is 0 Å². The Balaban J connectivity index is 2.56. The molecule has 0 unspecified atom stereocenters. The molecule has 0 saturated heterocycles. The van der Waals surface area contributed by atoms with Gasteiger partial charge in [-0.25, -0.2) is 0 Å². The van der Waals surface area contributed by atoms with Crippen molar-refractivity contribution in [1.82, 2.24) is 0 Å². The van der Waals surface area contributed by atoms with E-state index in [4.69, 9.17) is 33.6 Å². The maximum atomic E-state index is 9.02. The molecular weight excluding hydrogens is 354 g/mol. The van der Waals surface area contributed by atoms with Gasteiger partial charge in [-0.3, -0.25) is 0 Å². The fourth-order valence-corrected chi connectivity index (χ4v) is 2.48. The molecule has 0 aliphatic carbocycles. The minimum atomic E-state index is 0.351. The quantitative estimate of drug-likeness (QED) is 0.426. The molecule has 1 N–H and O–H groups in total. The van der Waals surface area contributed by atoms with E-state index in [0.29, 0.717) is 51.5 Å². The van der Waals surface area contributed by atoms with E-state index in [1.165, 1.54) is 35.5 Å². The molecule has 0 aliphatic rings. The van der Waals surface area contributed by atoms with Crippen molar-refractivity contribution in [2.24, 2.45) is 5.16 Å². The summed E-state index contributed by atoms with van der Waals surface area (Å²) in [7, 11) is 7.58. The summed E-state index contributed by atoms with van der Waals surface area (Å²) in [4.78, 5) is 0. The van der Waals surface area contributed by atoms with Gasteiger partial charge in [0.1, 0.15) is 5.75 Å². The Kier molecular flexibility index (Phi) is 6.59. The van der Waals surface area contributed by atoms with Gasteiger partial charge in [-0.1, -0.05) is 5.16 Å². The normalized spacial score (nSPS) is 11.0. The molecule has 2 rings (SSSR count). The predicted octanol–water partition coefficient (Wildman–Crippen LogP) is 3.72. The van der Waals surface area contributed by atoms with E-state index >= 15 is 0 Å². The molecule has 8 heteroatoms. The minimum Gasteiger partial charge on any atom is -0.493 e. The lowest BCUT2D eigenvalue weighted by Gasteiger charge is -2.18. The highest BCUT2D eigenvalue weighted by Crippen LogP contribution is 2.46. The van der Waals surface area contributed by atoms with Crippen LogP contribution in [0.25, 0.3) is 0 Å². The van der Waals surface area contributed by atoms with Gasteiger partial charge < -0.3 is 33.6 Å². The van der Waals surface area contributed by atoms with Crippen LogP contribution in [-0.4, -0.2) is 46.5 Å². The number of benzene rings is 2. The van der Waals surface area contributed by atoms with E-state index in [0.717, 1.165) is 0 Å². The molecule has 8 nitrogen and oxygen atoms in total. The highest BCUT2D eigenvalue weighted by molar-refractivity contribution is 5.99. The van der Waals surface area contributed by atoms with Crippen molar-refractivity contribution < 1.29 is 33.6 Å². The lowest BCUT2D eigenvalue weighted by Crippen LogP contribution is -2.01. The third-order valence-corrected chi connectivity index (χ3v) is 3.89. The van der Waals surface area contributed by atoms with Gasteiger partial charge in [0.15, 0.2) is 23.0 Å². The summed E-state index contributed by atoms with van der Waals surface area (Å²) in [6.45, 7) is 1.66. The van der Waals surface area contributed by atoms with Gasteiger partial charge in [0, 0.05) is 17.7 Å². The zero-order chi connectivity index (χ0) is 20.0. The summed E-state index contributed by atoms with van der Waals surface area (Å²) in [5, 5.41) is 12.2. The Labute approximate surface area is 157 Å². The first-order valence-corrected chi connectivity index (χ1v) is 7.95. The highest BCUT2D eigenvalue weighted by Gasteiger charge is 2.19. The number of hydrogen-bond donors (Lipinski definition) is 1. The standard InChI is InChI=1S/C19H23NO7/c1-11(20-21)12-7-14(22-2)19(15(8-12)23-3)27-13-9-16(24-4)18(26-6)17(10-13)25-5/h7-10,21H,1-6H3. The Morgan fingerprint density at radius 3 is 1.52 bits per heavy atom. The number of oxime groups is 1. The zero-order valence-electron chi connectivity index (χ0n) is 16.2. The zero-order valence-corrected chi connectivity index (χ0v) is 16.2. The van der Waals surface area contributed by atoms with Gasteiger partial charge in [-0.05, 0) is 19.1 Å². The number of hydrogen-bond acceptors (Lipinski definition) is 8. The van der Waals surface area contributed by atoms with Gasteiger partial charge in [0.2, 0.25) is 11.5 Å². The SMILES string of the molecule is COc1cc(Oc2c(OC)cc(C(C)=NO)cc2OC)cc(OC)c1OC. The lowest BCUT2D eigenvalue weighted by molar-refractivity contribution is 0.316. The van der Waals surface area contributed by atoms with E-state index in [1.54, 1.807) is 31.2 Å². The van der Waals surface area contributed by atoms with Crippen molar-refractivity contribution in [3.8, 4) is 40.2 Å². The molecule has 0 saturated carbocycles. The van der Waals surface area contributed by atoms with Crippen molar-refractivity contribution in [2.45, 2.75) is 6.92 Å². The molecule has 0 aliphatic heterocycles. The first-order valence-electron chi connectivity index (χ1n) is 7.95. The van der Waals surface area contributed by atoms with Gasteiger partial charge in [0.05, 0.1) is 41.3 Å². The van der Waals surface area contributed by atoms with Crippen LogP contribution in [0.3, 0.4) is 0 Å². The van der Waals surface area contributed by atoms with Crippen LogP contribution < -0.4 is 28.4 Å². The van der Waals surface area contributed by atoms with Crippen LogP contribution in [0, 0.1) is 0 Å². The van der Waals surface area contributed by atoms with E-state index in [2.05, 4.69) is 5.16 Å². The van der Waals surface area contributed by atoms with Crippen molar-refractivity contribution in [1.29, 1.82) is 0 Å². The molecule has 146 valence electrons. The monoisotopic (exact) mass is 377 g/mol. The Hall–Kier alpha value is -3.29. The predicted molar refractivity (Wildman–Crippen MR) is 99.7 cm³/mol. The summed E-state index contributed by atoms with van der Waals surface area (Å²) >= 11 is 0. The molecule has 2 aromatic carbocycles. The first-order chi connectivity index (χ1) is 13.0. The average molecular weight is 377 g/mol. The van der Waals surface area contributed by atoms with Crippen LogP contribution in [0.15, 0.2) is 29.4 Å². The second kappa shape index (κ2) is 8.88. The minimum absolute atomic E-state index is 0.351. The van der Waals surface area contributed by atoms with Crippen LogP contribution >= 0.6 is 0 Å². The summed E-state index contributed by atoms with van der Waals surface area (Å²) in [6, 6.07) is 6.69. The number of methoxy groups -OCH3 is 5. The van der Waals surface area contributed by atoms with Gasteiger partial charge in [-0.15, -0.1) is 0 Å². The fourth-order valence-electron chi connectivity index (χ4n) is 2.48. The van der Waals surface area contributed by atoms with Crippen molar-refractivity contribution in [2.75, 3.05) is 35.5 Å². The second-order valence-electron chi connectivity index (χ2n) is 5.36. The number of ether oxygens (including phenoxy) is 6. The molecule has 0 spiro atoms. The van der Waals surface area contributed by atoms with Crippen molar-refractivity contribution in [3.63, 3.8) is 0 Å². The molecule has 0 aromatic heterocycles. The molecular formula is C19H23NO7. The Morgan fingerprint density at radius 2 is 1.15 bits per heavy atom. The van der Waals surface area contributed by atoms with Crippen LogP contribution in [-0.2, 0) is 0 Å². The van der Waals surface area contributed by atoms with E-state index in [-0.39, 0.29) is 0 Å². The molecule has 0 atom stereocenters. The van der Waals surface area contributed by atoms with Crippen LogP contribution in [0.2, 0.25) is 0 Å². The topological polar surface area (TPSA) is 88.0 Å². The summed E-state index contributed by atoms with van der Waals surface area (Å²) in [5.74, 6) is 2.94. The summed E-state index contributed by atoms with van der Waals surface area (Å²) in [5.41, 5.74) is 1.04. The number of nitrogens with zero attached hydrogens (tertiary/aromatic N) is 1. The smallest absolute Gasteiger partial charge is 0.211 e. The highest BCUT2D eigenvalue weighted by atomic mass is 16.5. The van der Waals surface area contributed by atoms with Gasteiger partial charge in [-0.2, -0.15) is 0 Å². The fraction of sp³-hybridized carbons (Fsp3) is 0.316. The molecule has 0 bridgehead atoms. The van der Waals surface area contributed by atoms with E-state index in [1.807, 2.05) is 0 Å². The van der Waals surface area contributed by atoms with Crippen LogP contribution in [0.1, 0.15) is 12.5 Å². The Morgan fingerprint density at radius 1 is 0.704 bits per heavy atom. The molecule has 0 radical (unpaired) electrons. The maximum Gasteiger partial charge on any atom is 0.211 e. The molecule has 2 aromatic rings. The third-order valence-electron chi connectivity index (χ3n) is 3.89. The average Bonchev–Trinajstić information content (AvgIpc) is 2.72. The molecule has 0 heterocycles. The first kappa shape index (κ1) is 20.0. The van der Waals surface area contributed by atoms with Gasteiger partial charge in [0.25, 0.3) is 0 Å². The lowest BCUT2D eigenvalue weighted by atomic mass is 10.1. The van der Waals surface area contributed by atoms with Crippen molar-refractivity contribution in [3.05, 3.63) is 29.8 Å². The van der Waals surface area contributed by atoms with Gasteiger partial charge >= 0.3 is 0 Å². The van der Waals surface area contributed by atoms with Crippen LogP contribution in [0.4, 0.5) is 0 Å². The molecule has 0 amide bonds. The Bertz CT molecular complexity index is 783. The summed E-state index contributed by atoms with van der Waals surface area (Å²) in [6.07, 6.45) is 0. The maximum absolute atomic E-state index is 9.02. The number of rotatable bonds is 8. The molecule has 27 heavy (non-hydrogen) atoms. The third kappa shape index (κ3) is 4.11. The second-order valence-corrected chi connectivity index (χ2v) is 5.36. The summed E-state index contributed by atoms with van der Waals surface area (Å²) < 4.78 is 32.9.